The van der Waals surface area contributed by atoms with Crippen molar-refractivity contribution in [3.05, 3.63) is 88.0 Å². The van der Waals surface area contributed by atoms with Crippen LogP contribution < -0.4 is 15.0 Å². The van der Waals surface area contributed by atoms with E-state index in [2.05, 4.69) is 74.3 Å². The van der Waals surface area contributed by atoms with Gasteiger partial charge in [-0.3, -0.25) is 0 Å². The molecule has 1 unspecified atom stereocenters. The van der Waals surface area contributed by atoms with Gasteiger partial charge in [0, 0.05) is 29.9 Å². The predicted octanol–water partition coefficient (Wildman–Crippen LogP) is 6.98. The topological polar surface area (TPSA) is 50.8 Å². The Balaban J connectivity index is 1.79. The Morgan fingerprint density at radius 1 is 1.03 bits per heavy atom. The van der Waals surface area contributed by atoms with E-state index in [1.165, 1.54) is 36.8 Å². The van der Waals surface area contributed by atoms with E-state index in [0.717, 1.165) is 54.1 Å². The lowest BCUT2D eigenvalue weighted by atomic mass is 9.72. The van der Waals surface area contributed by atoms with Crippen LogP contribution in [0.4, 0.5) is 5.69 Å². The number of methoxy groups -OCH3 is 1. The van der Waals surface area contributed by atoms with Crippen molar-refractivity contribution in [2.45, 2.75) is 58.9 Å². The number of ether oxygens (including phenoxy) is 2. The van der Waals surface area contributed by atoms with Crippen LogP contribution in [0.25, 0.3) is 0 Å². The Morgan fingerprint density at radius 3 is 2.47 bits per heavy atom. The Kier molecular flexibility index (Phi) is 7.49. The summed E-state index contributed by atoms with van der Waals surface area (Å²) in [6.07, 6.45) is 4.54. The number of carbonyl (C=O) groups is 1. The zero-order valence-electron chi connectivity index (χ0n) is 23.4. The van der Waals surface area contributed by atoms with E-state index in [9.17, 15) is 4.79 Å². The van der Waals surface area contributed by atoms with Crippen LogP contribution in [0.3, 0.4) is 0 Å². The first-order chi connectivity index (χ1) is 18.4. The molecule has 1 atom stereocenters. The highest BCUT2D eigenvalue weighted by molar-refractivity contribution is 5.92. The number of hydrogen-bond donors (Lipinski definition) is 1. The average molecular weight is 513 g/mol. The van der Waals surface area contributed by atoms with E-state index >= 15 is 0 Å². The van der Waals surface area contributed by atoms with Gasteiger partial charge in [-0.2, -0.15) is 0 Å². The van der Waals surface area contributed by atoms with Gasteiger partial charge in [0.05, 0.1) is 12.7 Å². The summed E-state index contributed by atoms with van der Waals surface area (Å²) < 4.78 is 12.0. The molecule has 5 rings (SSSR count). The van der Waals surface area contributed by atoms with Crippen LogP contribution in [0.5, 0.6) is 11.5 Å². The van der Waals surface area contributed by atoms with Gasteiger partial charge in [-0.15, -0.1) is 0 Å². The Morgan fingerprint density at radius 2 is 1.76 bits per heavy atom. The third kappa shape index (κ3) is 4.58. The van der Waals surface area contributed by atoms with E-state index in [1.54, 1.807) is 0 Å². The van der Waals surface area contributed by atoms with Crippen LogP contribution in [0.1, 0.15) is 78.2 Å². The maximum absolute atomic E-state index is 13.1. The molecule has 38 heavy (non-hydrogen) atoms. The van der Waals surface area contributed by atoms with E-state index in [4.69, 9.17) is 9.47 Å². The lowest BCUT2D eigenvalue weighted by Crippen LogP contribution is -2.47. The first kappa shape index (κ1) is 26.3. The van der Waals surface area contributed by atoms with Crippen LogP contribution >= 0.6 is 0 Å². The van der Waals surface area contributed by atoms with E-state index in [-0.39, 0.29) is 5.97 Å². The number of rotatable bonds is 8. The minimum Gasteiger partial charge on any atom is -0.465 e. The summed E-state index contributed by atoms with van der Waals surface area (Å²) in [5.41, 5.74) is 6.42. The highest BCUT2D eigenvalue weighted by Gasteiger charge is 2.46. The minimum atomic E-state index is -0.777. The number of esters is 1. The summed E-state index contributed by atoms with van der Waals surface area (Å²) >= 11 is 0. The number of hydrogen-bond acceptors (Lipinski definition) is 5. The molecule has 0 amide bonds. The molecular formula is C33H40N2O3. The first-order valence-corrected chi connectivity index (χ1v) is 14.0. The smallest absolute Gasteiger partial charge is 0.338 e. The second kappa shape index (κ2) is 10.8. The number of benzene rings is 3. The van der Waals surface area contributed by atoms with Crippen molar-refractivity contribution in [2.75, 3.05) is 31.6 Å². The molecule has 1 fully saturated rings. The Hall–Kier alpha value is -3.31. The average Bonchev–Trinajstić information content (AvgIpc) is 3.45. The van der Waals surface area contributed by atoms with Crippen LogP contribution in [0.15, 0.2) is 54.6 Å². The van der Waals surface area contributed by atoms with Crippen molar-refractivity contribution >= 4 is 11.7 Å². The molecule has 2 heterocycles. The molecule has 0 aromatic heterocycles. The van der Waals surface area contributed by atoms with Gasteiger partial charge in [0.15, 0.2) is 0 Å². The predicted molar refractivity (Wildman–Crippen MR) is 154 cm³/mol. The summed E-state index contributed by atoms with van der Waals surface area (Å²) in [4.78, 5) is 15.6. The summed E-state index contributed by atoms with van der Waals surface area (Å²) in [5.74, 6) is 1.97. The van der Waals surface area contributed by atoms with Gasteiger partial charge in [0.1, 0.15) is 17.0 Å². The third-order valence-electron chi connectivity index (χ3n) is 8.01. The van der Waals surface area contributed by atoms with Gasteiger partial charge in [0.25, 0.3) is 0 Å². The summed E-state index contributed by atoms with van der Waals surface area (Å²) in [7, 11) is 1.45. The van der Waals surface area contributed by atoms with Gasteiger partial charge in [-0.25, -0.2) is 4.79 Å². The maximum Gasteiger partial charge on any atom is 0.338 e. The Bertz CT molecular complexity index is 1330. The van der Waals surface area contributed by atoms with Crippen LogP contribution in [-0.4, -0.2) is 32.7 Å². The van der Waals surface area contributed by atoms with Gasteiger partial charge in [-0.05, 0) is 86.0 Å². The number of anilines is 1. The van der Waals surface area contributed by atoms with Gasteiger partial charge >= 0.3 is 5.97 Å². The number of fused-ring (bicyclic) bond motifs is 2. The zero-order valence-corrected chi connectivity index (χ0v) is 23.4. The molecule has 0 spiro atoms. The lowest BCUT2D eigenvalue weighted by Gasteiger charge is -2.43. The van der Waals surface area contributed by atoms with Crippen LogP contribution in [0, 0.1) is 12.8 Å². The highest BCUT2D eigenvalue weighted by atomic mass is 16.5. The second-order valence-corrected chi connectivity index (χ2v) is 11.0. The van der Waals surface area contributed by atoms with Gasteiger partial charge < -0.3 is 19.7 Å². The maximum atomic E-state index is 13.1. The molecule has 0 bridgehead atoms. The standard InChI is InChI=1S/C33H40N2O3/c1-6-34-33(26-12-8-7-11-25(26)32(36)37-5)27-16-15-24(14-13-22(2)3)20-31(27)38-30-19-23(4)29(21-28(30)33)35-17-9-10-18-35/h7-8,11-12,15-16,19-22,34H,6,9-10,13-14,17-18H2,1-5H3. The van der Waals surface area contributed by atoms with E-state index in [0.29, 0.717) is 18.0 Å². The fourth-order valence-electron chi connectivity index (χ4n) is 6.12. The van der Waals surface area contributed by atoms with Gasteiger partial charge in [-0.1, -0.05) is 51.1 Å². The largest absolute Gasteiger partial charge is 0.465 e. The molecule has 3 aromatic carbocycles. The summed E-state index contributed by atoms with van der Waals surface area (Å²) in [6.45, 7) is 11.6. The molecular weight excluding hydrogens is 472 g/mol. The van der Waals surface area contributed by atoms with Crippen molar-refractivity contribution in [1.82, 2.24) is 5.32 Å². The van der Waals surface area contributed by atoms with Crippen molar-refractivity contribution in [3.8, 4) is 11.5 Å². The summed E-state index contributed by atoms with van der Waals surface area (Å²) in [6, 6.07) is 18.9. The SMILES string of the molecule is CCNC1(c2ccccc2C(=O)OC)c2ccc(CCC(C)C)cc2Oc2cc(C)c(N3CCCC3)cc21. The van der Waals surface area contributed by atoms with E-state index < -0.39 is 5.54 Å². The van der Waals surface area contributed by atoms with Crippen molar-refractivity contribution in [2.24, 2.45) is 5.92 Å². The fraction of sp³-hybridized carbons (Fsp3) is 0.424. The van der Waals surface area contributed by atoms with Crippen molar-refractivity contribution in [1.29, 1.82) is 0 Å². The van der Waals surface area contributed by atoms with Crippen molar-refractivity contribution < 1.29 is 14.3 Å². The molecule has 0 aliphatic carbocycles. The number of aryl methyl sites for hydroxylation is 2. The number of carbonyl (C=O) groups excluding carboxylic acids is 1. The summed E-state index contributed by atoms with van der Waals surface area (Å²) in [5, 5.41) is 3.85. The molecule has 5 heteroatoms. The first-order valence-electron chi connectivity index (χ1n) is 14.0. The second-order valence-electron chi connectivity index (χ2n) is 11.0. The van der Waals surface area contributed by atoms with Crippen LogP contribution in [-0.2, 0) is 16.7 Å². The molecule has 2 aliphatic rings. The quantitative estimate of drug-likeness (QED) is 0.330. The molecule has 1 saturated heterocycles. The van der Waals surface area contributed by atoms with E-state index in [1.807, 2.05) is 18.2 Å². The Labute approximate surface area is 227 Å². The molecule has 3 aromatic rings. The minimum absolute atomic E-state index is 0.340. The number of nitrogens with one attached hydrogen (secondary N) is 1. The monoisotopic (exact) mass is 512 g/mol. The fourth-order valence-corrected chi connectivity index (χ4v) is 6.12. The molecule has 0 saturated carbocycles. The number of nitrogens with zero attached hydrogens (tertiary/aromatic N) is 1. The molecule has 200 valence electrons. The molecule has 0 radical (unpaired) electrons. The van der Waals surface area contributed by atoms with Crippen LogP contribution in [0.2, 0.25) is 0 Å². The molecule has 2 aliphatic heterocycles. The third-order valence-corrected chi connectivity index (χ3v) is 8.01. The van der Waals surface area contributed by atoms with Crippen molar-refractivity contribution in [3.63, 3.8) is 0 Å². The lowest BCUT2D eigenvalue weighted by molar-refractivity contribution is 0.0597. The normalized spacial score (nSPS) is 18.2. The molecule has 1 N–H and O–H groups in total. The zero-order chi connectivity index (χ0) is 26.9. The highest BCUT2D eigenvalue weighted by Crippen LogP contribution is 2.53. The molecule has 5 nitrogen and oxygen atoms in total. The van der Waals surface area contributed by atoms with Gasteiger partial charge in [0.2, 0.25) is 0 Å².